The third kappa shape index (κ3) is 4.13. The predicted octanol–water partition coefficient (Wildman–Crippen LogP) is 2.14. The van der Waals surface area contributed by atoms with E-state index in [-0.39, 0.29) is 11.8 Å². The molecule has 120 valence electrons. The van der Waals surface area contributed by atoms with Crippen LogP contribution in [0.1, 0.15) is 23.2 Å². The van der Waals surface area contributed by atoms with Gasteiger partial charge in [-0.2, -0.15) is 5.10 Å². The maximum absolute atomic E-state index is 12.2. The summed E-state index contributed by atoms with van der Waals surface area (Å²) in [6.45, 7) is 1.35. The molecule has 2 aromatic rings. The number of benzene rings is 1. The average Bonchev–Trinajstić information content (AvgIpc) is 2.98. The molecular weight excluding hydrogens is 312 g/mol. The highest BCUT2D eigenvalue weighted by Crippen LogP contribution is 2.31. The molecule has 2 N–H and O–H groups in total. The molecule has 23 heavy (non-hydrogen) atoms. The standard InChI is InChI=1S/C16H18N4O2S/c21-15-5-10-23-14-4-3-12(11-13(14)19-15)16(22)17-6-1-8-20-9-2-7-18-20/h2-4,7,9,11H,1,5-6,8,10H2,(H,17,22)(H,19,21). The fourth-order valence-corrected chi connectivity index (χ4v) is 3.28. The van der Waals surface area contributed by atoms with Crippen molar-refractivity contribution in [3.05, 3.63) is 42.2 Å². The number of aromatic nitrogens is 2. The van der Waals surface area contributed by atoms with Crippen molar-refractivity contribution in [2.24, 2.45) is 0 Å². The number of hydrogen-bond donors (Lipinski definition) is 2. The van der Waals surface area contributed by atoms with Gasteiger partial charge in [0.05, 0.1) is 5.69 Å². The van der Waals surface area contributed by atoms with Crippen LogP contribution < -0.4 is 10.6 Å². The molecule has 0 saturated heterocycles. The minimum Gasteiger partial charge on any atom is -0.352 e. The summed E-state index contributed by atoms with van der Waals surface area (Å²) in [5.74, 6) is 0.627. The summed E-state index contributed by atoms with van der Waals surface area (Å²) in [6, 6.07) is 7.31. The van der Waals surface area contributed by atoms with Gasteiger partial charge in [0.15, 0.2) is 0 Å². The van der Waals surface area contributed by atoms with E-state index in [9.17, 15) is 9.59 Å². The molecule has 1 aliphatic heterocycles. The van der Waals surface area contributed by atoms with Gasteiger partial charge in [0.1, 0.15) is 0 Å². The van der Waals surface area contributed by atoms with Gasteiger partial charge in [-0.3, -0.25) is 14.3 Å². The Morgan fingerprint density at radius 3 is 3.17 bits per heavy atom. The van der Waals surface area contributed by atoms with Gasteiger partial charge in [0.2, 0.25) is 5.91 Å². The zero-order valence-electron chi connectivity index (χ0n) is 12.6. The number of carbonyl (C=O) groups excluding carboxylic acids is 2. The van der Waals surface area contributed by atoms with Gasteiger partial charge in [-0.1, -0.05) is 0 Å². The summed E-state index contributed by atoms with van der Waals surface area (Å²) < 4.78 is 1.83. The predicted molar refractivity (Wildman–Crippen MR) is 89.6 cm³/mol. The minimum absolute atomic E-state index is 0.00645. The van der Waals surface area contributed by atoms with Gasteiger partial charge in [0, 0.05) is 48.1 Å². The Kier molecular flexibility index (Phi) is 4.97. The Bertz CT molecular complexity index is 700. The Labute approximate surface area is 138 Å². The van der Waals surface area contributed by atoms with E-state index in [1.165, 1.54) is 0 Å². The Morgan fingerprint density at radius 1 is 1.43 bits per heavy atom. The van der Waals surface area contributed by atoms with Gasteiger partial charge in [-0.15, -0.1) is 11.8 Å². The summed E-state index contributed by atoms with van der Waals surface area (Å²) >= 11 is 1.63. The number of aryl methyl sites for hydroxylation is 1. The van der Waals surface area contributed by atoms with Crippen molar-refractivity contribution in [1.29, 1.82) is 0 Å². The molecule has 0 radical (unpaired) electrons. The van der Waals surface area contributed by atoms with Crippen LogP contribution in [0.25, 0.3) is 0 Å². The van der Waals surface area contributed by atoms with Crippen LogP contribution in [0, 0.1) is 0 Å². The van der Waals surface area contributed by atoms with E-state index in [0.29, 0.717) is 18.5 Å². The fourth-order valence-electron chi connectivity index (χ4n) is 2.34. The summed E-state index contributed by atoms with van der Waals surface area (Å²) in [5, 5.41) is 9.86. The van der Waals surface area contributed by atoms with E-state index in [4.69, 9.17) is 0 Å². The SMILES string of the molecule is O=C1CCSc2ccc(C(=O)NCCCn3cccn3)cc2N1. The maximum Gasteiger partial charge on any atom is 0.251 e. The topological polar surface area (TPSA) is 76.0 Å². The summed E-state index contributed by atoms with van der Waals surface area (Å²) in [6.07, 6.45) is 4.94. The van der Waals surface area contributed by atoms with E-state index < -0.39 is 0 Å². The van der Waals surface area contributed by atoms with Crippen LogP contribution >= 0.6 is 11.8 Å². The average molecular weight is 330 g/mol. The molecule has 1 aromatic heterocycles. The first-order chi connectivity index (χ1) is 11.2. The van der Waals surface area contributed by atoms with Crippen molar-refractivity contribution in [1.82, 2.24) is 15.1 Å². The molecule has 0 saturated carbocycles. The normalized spacial score (nSPS) is 13.8. The third-order valence-corrected chi connectivity index (χ3v) is 4.59. The molecule has 1 aromatic carbocycles. The molecule has 0 fully saturated rings. The molecule has 0 spiro atoms. The molecule has 0 bridgehead atoms. The number of thioether (sulfide) groups is 1. The number of amides is 2. The van der Waals surface area contributed by atoms with Crippen LogP contribution in [0.5, 0.6) is 0 Å². The molecule has 2 heterocycles. The van der Waals surface area contributed by atoms with Crippen molar-refractivity contribution < 1.29 is 9.59 Å². The van der Waals surface area contributed by atoms with Crippen molar-refractivity contribution in [2.45, 2.75) is 24.3 Å². The number of nitrogens with one attached hydrogen (secondary N) is 2. The molecule has 0 atom stereocenters. The highest BCUT2D eigenvalue weighted by Gasteiger charge is 2.15. The summed E-state index contributed by atoms with van der Waals surface area (Å²) in [5.41, 5.74) is 1.28. The van der Waals surface area contributed by atoms with Crippen LogP contribution in [-0.2, 0) is 11.3 Å². The lowest BCUT2D eigenvalue weighted by molar-refractivity contribution is -0.115. The first-order valence-corrected chi connectivity index (χ1v) is 8.53. The Morgan fingerprint density at radius 2 is 2.35 bits per heavy atom. The maximum atomic E-state index is 12.2. The second-order valence-electron chi connectivity index (χ2n) is 5.24. The number of carbonyl (C=O) groups is 2. The van der Waals surface area contributed by atoms with E-state index >= 15 is 0 Å². The van der Waals surface area contributed by atoms with Crippen molar-refractivity contribution in [2.75, 3.05) is 17.6 Å². The molecule has 2 amide bonds. The lowest BCUT2D eigenvalue weighted by Crippen LogP contribution is -2.25. The first-order valence-electron chi connectivity index (χ1n) is 7.55. The van der Waals surface area contributed by atoms with Crippen molar-refractivity contribution in [3.8, 4) is 0 Å². The lowest BCUT2D eigenvalue weighted by Gasteiger charge is -2.10. The summed E-state index contributed by atoms with van der Waals surface area (Å²) in [7, 11) is 0. The molecule has 0 unspecified atom stereocenters. The van der Waals surface area contributed by atoms with Crippen LogP contribution in [0.15, 0.2) is 41.6 Å². The van der Waals surface area contributed by atoms with Crippen LogP contribution in [-0.4, -0.2) is 33.9 Å². The van der Waals surface area contributed by atoms with Gasteiger partial charge >= 0.3 is 0 Å². The van der Waals surface area contributed by atoms with Gasteiger partial charge < -0.3 is 10.6 Å². The highest BCUT2D eigenvalue weighted by molar-refractivity contribution is 7.99. The van der Waals surface area contributed by atoms with E-state index in [2.05, 4.69) is 15.7 Å². The highest BCUT2D eigenvalue weighted by atomic mass is 32.2. The number of rotatable bonds is 5. The van der Waals surface area contributed by atoms with Crippen LogP contribution in [0.3, 0.4) is 0 Å². The van der Waals surface area contributed by atoms with Gasteiger partial charge in [0.25, 0.3) is 5.91 Å². The Hall–Kier alpha value is -2.28. The molecule has 6 nitrogen and oxygen atoms in total. The van der Waals surface area contributed by atoms with Crippen LogP contribution in [0.4, 0.5) is 5.69 Å². The van der Waals surface area contributed by atoms with E-state index in [1.54, 1.807) is 30.1 Å². The zero-order valence-corrected chi connectivity index (χ0v) is 13.4. The lowest BCUT2D eigenvalue weighted by atomic mass is 10.2. The second kappa shape index (κ2) is 7.32. The number of anilines is 1. The monoisotopic (exact) mass is 330 g/mol. The molecule has 3 rings (SSSR count). The molecule has 7 heteroatoms. The minimum atomic E-state index is -0.128. The number of hydrogen-bond acceptors (Lipinski definition) is 4. The quantitative estimate of drug-likeness (QED) is 0.824. The van der Waals surface area contributed by atoms with Gasteiger partial charge in [-0.05, 0) is 30.7 Å². The zero-order chi connectivity index (χ0) is 16.1. The number of nitrogens with zero attached hydrogens (tertiary/aromatic N) is 2. The molecular formula is C16H18N4O2S. The number of fused-ring (bicyclic) bond motifs is 1. The fraction of sp³-hybridized carbons (Fsp3) is 0.312. The summed E-state index contributed by atoms with van der Waals surface area (Å²) in [4.78, 5) is 24.8. The molecule has 0 aliphatic carbocycles. The third-order valence-electron chi connectivity index (χ3n) is 3.51. The van der Waals surface area contributed by atoms with Crippen molar-refractivity contribution in [3.63, 3.8) is 0 Å². The van der Waals surface area contributed by atoms with E-state index in [0.717, 1.165) is 29.3 Å². The smallest absolute Gasteiger partial charge is 0.251 e. The molecule has 1 aliphatic rings. The second-order valence-corrected chi connectivity index (χ2v) is 6.37. The first kappa shape index (κ1) is 15.6. The van der Waals surface area contributed by atoms with Crippen LogP contribution in [0.2, 0.25) is 0 Å². The Balaban J connectivity index is 1.56. The van der Waals surface area contributed by atoms with Crippen molar-refractivity contribution >= 4 is 29.3 Å². The van der Waals surface area contributed by atoms with E-state index in [1.807, 2.05) is 23.0 Å². The largest absolute Gasteiger partial charge is 0.352 e. The van der Waals surface area contributed by atoms with Gasteiger partial charge in [-0.25, -0.2) is 0 Å².